The maximum absolute atomic E-state index is 12.6. The van der Waals surface area contributed by atoms with Crippen molar-refractivity contribution in [2.75, 3.05) is 44.7 Å². The molecule has 6 heteroatoms. The van der Waals surface area contributed by atoms with Crippen LogP contribution in [-0.4, -0.2) is 60.0 Å². The summed E-state index contributed by atoms with van der Waals surface area (Å²) < 4.78 is 5.38. The molecule has 0 spiro atoms. The third-order valence-electron chi connectivity index (χ3n) is 5.71. The summed E-state index contributed by atoms with van der Waals surface area (Å²) >= 11 is 0. The van der Waals surface area contributed by atoms with Crippen LogP contribution in [-0.2, 0) is 11.2 Å². The van der Waals surface area contributed by atoms with Crippen LogP contribution in [0.15, 0.2) is 30.5 Å². The number of hydrogen-bond acceptors (Lipinski definition) is 6. The van der Waals surface area contributed by atoms with Gasteiger partial charge in [0.2, 0.25) is 5.95 Å². The highest BCUT2D eigenvalue weighted by atomic mass is 16.5. The van der Waals surface area contributed by atoms with E-state index in [4.69, 9.17) is 4.74 Å². The molecular weight excluding hydrogens is 352 g/mol. The molecule has 1 saturated heterocycles. The Kier molecular flexibility index (Phi) is 5.98. The molecule has 1 aromatic carbocycles. The highest BCUT2D eigenvalue weighted by Gasteiger charge is 2.28. The standard InChI is InChI=1S/C22H28N4O2/c1-16-5-2-3-6-18(16)17-13-20-19(21(27)14-17)15-24-22(25-20)23-7-4-8-26-9-11-28-12-10-26/h2-3,5-6,15,17H,4,7-14H2,1H3,(H,23,24,25). The van der Waals surface area contributed by atoms with Gasteiger partial charge in [-0.1, -0.05) is 24.3 Å². The van der Waals surface area contributed by atoms with Crippen LogP contribution in [0, 0.1) is 6.92 Å². The zero-order valence-electron chi connectivity index (χ0n) is 16.5. The summed E-state index contributed by atoms with van der Waals surface area (Å²) in [6.45, 7) is 7.67. The average Bonchev–Trinajstić information content (AvgIpc) is 2.72. The number of aromatic nitrogens is 2. The molecule has 1 fully saturated rings. The Balaban J connectivity index is 1.38. The van der Waals surface area contributed by atoms with Gasteiger partial charge in [0, 0.05) is 32.3 Å². The molecule has 0 bridgehead atoms. The van der Waals surface area contributed by atoms with Gasteiger partial charge in [-0.05, 0) is 43.4 Å². The van der Waals surface area contributed by atoms with E-state index in [0.29, 0.717) is 17.9 Å². The van der Waals surface area contributed by atoms with Crippen molar-refractivity contribution in [3.8, 4) is 0 Å². The van der Waals surface area contributed by atoms with E-state index >= 15 is 0 Å². The van der Waals surface area contributed by atoms with Crippen LogP contribution in [0.2, 0.25) is 0 Å². The van der Waals surface area contributed by atoms with Gasteiger partial charge in [-0.2, -0.15) is 0 Å². The van der Waals surface area contributed by atoms with Crippen molar-refractivity contribution in [3.63, 3.8) is 0 Å². The van der Waals surface area contributed by atoms with Gasteiger partial charge in [0.25, 0.3) is 0 Å². The number of Topliss-reactive ketones (excluding diaryl/α,β-unsaturated/α-hetero) is 1. The molecule has 2 heterocycles. The highest BCUT2D eigenvalue weighted by molar-refractivity contribution is 5.98. The normalized spacial score (nSPS) is 20.0. The number of rotatable bonds is 6. The number of carbonyl (C=O) groups excluding carboxylic acids is 1. The van der Waals surface area contributed by atoms with Gasteiger partial charge in [0.1, 0.15) is 0 Å². The Bertz CT molecular complexity index is 833. The molecule has 148 valence electrons. The first-order valence-corrected chi connectivity index (χ1v) is 10.2. The van der Waals surface area contributed by atoms with Crippen LogP contribution in [0.25, 0.3) is 0 Å². The maximum Gasteiger partial charge on any atom is 0.222 e. The van der Waals surface area contributed by atoms with Crippen molar-refractivity contribution < 1.29 is 9.53 Å². The van der Waals surface area contributed by atoms with E-state index in [1.807, 2.05) is 12.1 Å². The Morgan fingerprint density at radius 1 is 1.21 bits per heavy atom. The third-order valence-corrected chi connectivity index (χ3v) is 5.71. The number of ether oxygens (including phenoxy) is 1. The first-order chi connectivity index (χ1) is 13.7. The smallest absolute Gasteiger partial charge is 0.222 e. The Labute approximate surface area is 166 Å². The van der Waals surface area contributed by atoms with Crippen molar-refractivity contribution in [1.29, 1.82) is 0 Å². The van der Waals surface area contributed by atoms with E-state index in [1.165, 1.54) is 11.1 Å². The molecule has 0 saturated carbocycles. The quantitative estimate of drug-likeness (QED) is 0.778. The maximum atomic E-state index is 12.6. The molecule has 2 aromatic rings. The molecule has 28 heavy (non-hydrogen) atoms. The zero-order valence-corrected chi connectivity index (χ0v) is 16.5. The van der Waals surface area contributed by atoms with Gasteiger partial charge in [-0.3, -0.25) is 9.69 Å². The molecule has 4 rings (SSSR count). The van der Waals surface area contributed by atoms with Crippen LogP contribution in [0.5, 0.6) is 0 Å². The number of carbonyl (C=O) groups is 1. The van der Waals surface area contributed by atoms with E-state index < -0.39 is 0 Å². The average molecular weight is 380 g/mol. The molecule has 6 nitrogen and oxygen atoms in total. The van der Waals surface area contributed by atoms with Gasteiger partial charge >= 0.3 is 0 Å². The lowest BCUT2D eigenvalue weighted by molar-refractivity contribution is 0.0378. The molecule has 1 unspecified atom stereocenters. The minimum Gasteiger partial charge on any atom is -0.379 e. The number of ketones is 1. The van der Waals surface area contributed by atoms with Crippen LogP contribution in [0.3, 0.4) is 0 Å². The summed E-state index contributed by atoms with van der Waals surface area (Å²) in [7, 11) is 0. The minimum atomic E-state index is 0.147. The molecule has 1 aromatic heterocycles. The van der Waals surface area contributed by atoms with Crippen molar-refractivity contribution in [2.45, 2.75) is 32.1 Å². The van der Waals surface area contributed by atoms with Gasteiger partial charge in [-0.25, -0.2) is 9.97 Å². The number of morpholine rings is 1. The molecule has 1 atom stereocenters. The summed E-state index contributed by atoms with van der Waals surface area (Å²) in [5.41, 5.74) is 4.04. The Hall–Kier alpha value is -2.31. The van der Waals surface area contributed by atoms with Gasteiger partial charge in [-0.15, -0.1) is 0 Å². The molecule has 1 N–H and O–H groups in total. The fraction of sp³-hybridized carbons (Fsp3) is 0.500. The monoisotopic (exact) mass is 380 g/mol. The lowest BCUT2D eigenvalue weighted by Crippen LogP contribution is -2.37. The van der Waals surface area contributed by atoms with E-state index in [9.17, 15) is 4.79 Å². The largest absolute Gasteiger partial charge is 0.379 e. The van der Waals surface area contributed by atoms with Crippen molar-refractivity contribution >= 4 is 11.7 Å². The second-order valence-electron chi connectivity index (χ2n) is 7.67. The first kappa shape index (κ1) is 19.0. The summed E-state index contributed by atoms with van der Waals surface area (Å²) in [4.78, 5) is 24.1. The fourth-order valence-corrected chi connectivity index (χ4v) is 4.12. The van der Waals surface area contributed by atoms with E-state index in [1.54, 1.807) is 6.20 Å². The highest BCUT2D eigenvalue weighted by Crippen LogP contribution is 2.33. The summed E-state index contributed by atoms with van der Waals surface area (Å²) in [5.74, 6) is 0.970. The lowest BCUT2D eigenvalue weighted by atomic mass is 9.81. The number of hydrogen-bond donors (Lipinski definition) is 1. The Morgan fingerprint density at radius 3 is 2.86 bits per heavy atom. The van der Waals surface area contributed by atoms with Crippen LogP contribution >= 0.6 is 0 Å². The second-order valence-corrected chi connectivity index (χ2v) is 7.67. The van der Waals surface area contributed by atoms with Crippen LogP contribution < -0.4 is 5.32 Å². The van der Waals surface area contributed by atoms with Gasteiger partial charge in [0.05, 0.1) is 24.5 Å². The number of benzene rings is 1. The van der Waals surface area contributed by atoms with Crippen molar-refractivity contribution in [3.05, 3.63) is 52.8 Å². The SMILES string of the molecule is Cc1ccccc1C1CC(=O)c2cnc(NCCCN3CCOCC3)nc2C1. The first-order valence-electron chi connectivity index (χ1n) is 10.2. The number of nitrogens with one attached hydrogen (secondary N) is 1. The summed E-state index contributed by atoms with van der Waals surface area (Å²) in [6, 6.07) is 8.32. The van der Waals surface area contributed by atoms with Crippen LogP contribution in [0.1, 0.15) is 45.9 Å². The fourth-order valence-electron chi connectivity index (χ4n) is 4.12. The van der Waals surface area contributed by atoms with Crippen LogP contribution in [0.4, 0.5) is 5.95 Å². The van der Waals surface area contributed by atoms with Gasteiger partial charge < -0.3 is 10.1 Å². The lowest BCUT2D eigenvalue weighted by Gasteiger charge is -2.26. The molecule has 1 aliphatic carbocycles. The van der Waals surface area contributed by atoms with Crippen molar-refractivity contribution in [1.82, 2.24) is 14.9 Å². The summed E-state index contributed by atoms with van der Waals surface area (Å²) in [5, 5.41) is 3.32. The number of nitrogens with zero attached hydrogens (tertiary/aromatic N) is 3. The number of aryl methyl sites for hydroxylation is 1. The molecule has 0 radical (unpaired) electrons. The van der Waals surface area contributed by atoms with E-state index in [0.717, 1.165) is 57.9 Å². The molecular formula is C22H28N4O2. The van der Waals surface area contributed by atoms with Gasteiger partial charge in [0.15, 0.2) is 5.78 Å². The topological polar surface area (TPSA) is 67.4 Å². The molecule has 2 aliphatic rings. The zero-order chi connectivity index (χ0) is 19.3. The van der Waals surface area contributed by atoms with Crippen molar-refractivity contribution in [2.24, 2.45) is 0 Å². The van der Waals surface area contributed by atoms with E-state index in [2.05, 4.69) is 39.2 Å². The van der Waals surface area contributed by atoms with E-state index in [-0.39, 0.29) is 11.7 Å². The predicted octanol–water partition coefficient (Wildman–Crippen LogP) is 2.83. The summed E-state index contributed by atoms with van der Waals surface area (Å²) in [6.07, 6.45) is 4.05. The number of anilines is 1. The second kappa shape index (κ2) is 8.80. The molecule has 1 aliphatic heterocycles. The molecule has 0 amide bonds. The predicted molar refractivity (Wildman–Crippen MR) is 109 cm³/mol. The number of fused-ring (bicyclic) bond motifs is 1. The Morgan fingerprint density at radius 2 is 2.04 bits per heavy atom. The minimum absolute atomic E-state index is 0.147. The third kappa shape index (κ3) is 4.39.